The number of nitrogens with one attached hydrogen (secondary N) is 1. The van der Waals surface area contributed by atoms with Gasteiger partial charge >= 0.3 is 5.97 Å². The van der Waals surface area contributed by atoms with Crippen molar-refractivity contribution in [3.63, 3.8) is 0 Å². The summed E-state index contributed by atoms with van der Waals surface area (Å²) in [6.45, 7) is 3.98. The largest absolute Gasteiger partial charge is 0.464 e. The maximum absolute atomic E-state index is 11.5. The Labute approximate surface area is 116 Å². The van der Waals surface area contributed by atoms with Crippen molar-refractivity contribution in [2.24, 2.45) is 0 Å². The van der Waals surface area contributed by atoms with Gasteiger partial charge in [0, 0.05) is 10.6 Å². The van der Waals surface area contributed by atoms with Crippen LogP contribution in [0.5, 0.6) is 0 Å². The van der Waals surface area contributed by atoms with Gasteiger partial charge in [0.15, 0.2) is 10.8 Å². The molecule has 0 atom stereocenters. The molecule has 100 valence electrons. The number of anilines is 2. The third kappa shape index (κ3) is 3.12. The summed E-state index contributed by atoms with van der Waals surface area (Å²) in [7, 11) is 1.36. The summed E-state index contributed by atoms with van der Waals surface area (Å²) in [6, 6.07) is 8.16. The number of nitrogens with zero attached hydrogens (tertiary/aromatic N) is 1. The molecule has 2 aromatic rings. The molecule has 0 fully saturated rings. The second kappa shape index (κ2) is 5.84. The third-order valence-electron chi connectivity index (χ3n) is 2.79. The van der Waals surface area contributed by atoms with Crippen molar-refractivity contribution in [1.29, 1.82) is 0 Å². The number of hydrogen-bond acceptors (Lipinski definition) is 5. The SMILES string of the molecule is CCc1ccc(Nc2nc(C(=O)OC)c(C)s2)cc1. The monoisotopic (exact) mass is 276 g/mol. The normalized spacial score (nSPS) is 10.3. The zero-order chi connectivity index (χ0) is 13.8. The molecule has 0 saturated carbocycles. The van der Waals surface area contributed by atoms with Crippen molar-refractivity contribution >= 4 is 28.1 Å². The van der Waals surface area contributed by atoms with E-state index in [2.05, 4.69) is 34.1 Å². The average molecular weight is 276 g/mol. The fraction of sp³-hybridized carbons (Fsp3) is 0.286. The lowest BCUT2D eigenvalue weighted by atomic mass is 10.1. The van der Waals surface area contributed by atoms with E-state index in [1.165, 1.54) is 24.0 Å². The molecule has 0 radical (unpaired) electrons. The van der Waals surface area contributed by atoms with Crippen molar-refractivity contribution in [1.82, 2.24) is 4.98 Å². The summed E-state index contributed by atoms with van der Waals surface area (Å²) < 4.78 is 4.69. The number of benzene rings is 1. The first-order chi connectivity index (χ1) is 9.13. The van der Waals surface area contributed by atoms with Crippen molar-refractivity contribution in [2.75, 3.05) is 12.4 Å². The Morgan fingerprint density at radius 1 is 1.37 bits per heavy atom. The summed E-state index contributed by atoms with van der Waals surface area (Å²) in [6.07, 6.45) is 1.02. The van der Waals surface area contributed by atoms with Gasteiger partial charge in [-0.2, -0.15) is 0 Å². The molecule has 0 unspecified atom stereocenters. The first kappa shape index (κ1) is 13.5. The van der Waals surface area contributed by atoms with E-state index in [-0.39, 0.29) is 0 Å². The van der Waals surface area contributed by atoms with E-state index >= 15 is 0 Å². The van der Waals surface area contributed by atoms with Crippen molar-refractivity contribution in [2.45, 2.75) is 20.3 Å². The number of rotatable bonds is 4. The zero-order valence-corrected chi connectivity index (χ0v) is 12.0. The van der Waals surface area contributed by atoms with Gasteiger partial charge in [0.25, 0.3) is 0 Å². The van der Waals surface area contributed by atoms with E-state index in [0.717, 1.165) is 17.0 Å². The number of carbonyl (C=O) groups is 1. The molecule has 0 saturated heterocycles. The Balaban J connectivity index is 2.16. The molecule has 1 heterocycles. The van der Waals surface area contributed by atoms with Crippen LogP contribution in [0.25, 0.3) is 0 Å². The number of aromatic nitrogens is 1. The number of aryl methyl sites for hydroxylation is 2. The van der Waals surface area contributed by atoms with Gasteiger partial charge < -0.3 is 10.1 Å². The molecule has 19 heavy (non-hydrogen) atoms. The Morgan fingerprint density at radius 3 is 2.63 bits per heavy atom. The minimum Gasteiger partial charge on any atom is -0.464 e. The lowest BCUT2D eigenvalue weighted by Crippen LogP contribution is -2.03. The molecule has 1 aromatic heterocycles. The van der Waals surface area contributed by atoms with Crippen molar-refractivity contribution < 1.29 is 9.53 Å². The van der Waals surface area contributed by atoms with E-state index in [0.29, 0.717) is 10.8 Å². The van der Waals surface area contributed by atoms with E-state index in [1.54, 1.807) is 0 Å². The average Bonchev–Trinajstić information content (AvgIpc) is 2.79. The maximum atomic E-state index is 11.5. The highest BCUT2D eigenvalue weighted by Crippen LogP contribution is 2.26. The predicted octanol–water partition coefficient (Wildman–Crippen LogP) is 3.54. The van der Waals surface area contributed by atoms with Crippen LogP contribution in [-0.4, -0.2) is 18.1 Å². The quantitative estimate of drug-likeness (QED) is 0.868. The summed E-state index contributed by atoms with van der Waals surface area (Å²) in [4.78, 5) is 16.6. The zero-order valence-electron chi connectivity index (χ0n) is 11.2. The molecule has 0 amide bonds. The molecule has 0 bridgehead atoms. The molecule has 1 aromatic carbocycles. The van der Waals surface area contributed by atoms with E-state index in [9.17, 15) is 4.79 Å². The molecule has 2 rings (SSSR count). The van der Waals surface area contributed by atoms with Crippen molar-refractivity contribution in [3.8, 4) is 0 Å². The van der Waals surface area contributed by atoms with Crippen LogP contribution >= 0.6 is 11.3 Å². The first-order valence-corrected chi connectivity index (χ1v) is 6.87. The van der Waals surface area contributed by atoms with Gasteiger partial charge in [-0.15, -0.1) is 11.3 Å². The van der Waals surface area contributed by atoms with Gasteiger partial charge in [-0.05, 0) is 31.0 Å². The number of hydrogen-bond donors (Lipinski definition) is 1. The van der Waals surface area contributed by atoms with Gasteiger partial charge in [-0.3, -0.25) is 0 Å². The molecular formula is C14H16N2O2S. The number of carbonyl (C=O) groups excluding carboxylic acids is 1. The van der Waals surface area contributed by atoms with E-state index in [1.807, 2.05) is 19.1 Å². The fourth-order valence-electron chi connectivity index (χ4n) is 1.68. The highest BCUT2D eigenvalue weighted by Gasteiger charge is 2.15. The second-order valence-electron chi connectivity index (χ2n) is 4.09. The summed E-state index contributed by atoms with van der Waals surface area (Å²) >= 11 is 1.44. The topological polar surface area (TPSA) is 51.2 Å². The van der Waals surface area contributed by atoms with E-state index < -0.39 is 5.97 Å². The third-order valence-corrected chi connectivity index (χ3v) is 3.68. The smallest absolute Gasteiger partial charge is 0.357 e. The minimum atomic E-state index is -0.400. The molecule has 5 heteroatoms. The lowest BCUT2D eigenvalue weighted by Gasteiger charge is -2.03. The summed E-state index contributed by atoms with van der Waals surface area (Å²) in [5.41, 5.74) is 2.62. The number of esters is 1. The lowest BCUT2D eigenvalue weighted by molar-refractivity contribution is 0.0594. The molecule has 4 nitrogen and oxygen atoms in total. The highest BCUT2D eigenvalue weighted by atomic mass is 32.1. The van der Waals surface area contributed by atoms with Gasteiger partial charge in [0.2, 0.25) is 0 Å². The van der Waals surface area contributed by atoms with Crippen molar-refractivity contribution in [3.05, 3.63) is 40.4 Å². The number of thiazole rings is 1. The predicted molar refractivity (Wildman–Crippen MR) is 77.3 cm³/mol. The summed E-state index contributed by atoms with van der Waals surface area (Å²) in [5.74, 6) is -0.400. The van der Waals surface area contributed by atoms with Crippen LogP contribution in [0, 0.1) is 6.92 Å². The van der Waals surface area contributed by atoms with Crippen LogP contribution in [-0.2, 0) is 11.2 Å². The Morgan fingerprint density at radius 2 is 2.05 bits per heavy atom. The minimum absolute atomic E-state index is 0.375. The molecule has 0 aliphatic carbocycles. The van der Waals surface area contributed by atoms with Crippen LogP contribution in [0.3, 0.4) is 0 Å². The Kier molecular flexibility index (Phi) is 4.16. The maximum Gasteiger partial charge on any atom is 0.357 e. The van der Waals surface area contributed by atoms with E-state index in [4.69, 9.17) is 0 Å². The van der Waals surface area contributed by atoms with Crippen LogP contribution in [0.1, 0.15) is 27.9 Å². The highest BCUT2D eigenvalue weighted by molar-refractivity contribution is 7.15. The second-order valence-corrected chi connectivity index (χ2v) is 5.29. The first-order valence-electron chi connectivity index (χ1n) is 6.05. The molecule has 0 aliphatic rings. The standard InChI is InChI=1S/C14H16N2O2S/c1-4-10-5-7-11(8-6-10)15-14-16-12(9(2)19-14)13(17)18-3/h5-8H,4H2,1-3H3,(H,15,16). The molecule has 1 N–H and O–H groups in total. The van der Waals surface area contributed by atoms with Gasteiger partial charge in [0.1, 0.15) is 0 Å². The van der Waals surface area contributed by atoms with Crippen LogP contribution < -0.4 is 5.32 Å². The van der Waals surface area contributed by atoms with Gasteiger partial charge in [0.05, 0.1) is 7.11 Å². The van der Waals surface area contributed by atoms with Gasteiger partial charge in [-0.1, -0.05) is 19.1 Å². The number of methoxy groups -OCH3 is 1. The Hall–Kier alpha value is -1.88. The van der Waals surface area contributed by atoms with Crippen LogP contribution in [0.15, 0.2) is 24.3 Å². The Bertz CT molecular complexity index is 576. The molecule has 0 spiro atoms. The molecule has 0 aliphatic heterocycles. The van der Waals surface area contributed by atoms with Crippen LogP contribution in [0.4, 0.5) is 10.8 Å². The fourth-order valence-corrected chi connectivity index (χ4v) is 2.50. The summed E-state index contributed by atoms with van der Waals surface area (Å²) in [5, 5.41) is 3.89. The van der Waals surface area contributed by atoms with Crippen LogP contribution in [0.2, 0.25) is 0 Å². The van der Waals surface area contributed by atoms with Gasteiger partial charge in [-0.25, -0.2) is 9.78 Å². The number of ether oxygens (including phenoxy) is 1. The molecular weight excluding hydrogens is 260 g/mol.